The molecule has 1 aliphatic carbocycles. The number of rotatable bonds is 4. The van der Waals surface area contributed by atoms with Gasteiger partial charge in [0.2, 0.25) is 11.8 Å². The fourth-order valence-corrected chi connectivity index (χ4v) is 5.07. The van der Waals surface area contributed by atoms with Crippen LogP contribution in [0.15, 0.2) is 49.1 Å². The number of piperidine rings is 1. The predicted molar refractivity (Wildman–Crippen MR) is 106 cm³/mol. The second-order valence-electron chi connectivity index (χ2n) is 8.56. The highest BCUT2D eigenvalue weighted by Gasteiger charge is 2.57. The van der Waals surface area contributed by atoms with Crippen molar-refractivity contribution < 1.29 is 14.3 Å². The van der Waals surface area contributed by atoms with Gasteiger partial charge >= 0.3 is 0 Å². The first kappa shape index (κ1) is 18.4. The van der Waals surface area contributed by atoms with E-state index in [1.54, 1.807) is 12.5 Å². The summed E-state index contributed by atoms with van der Waals surface area (Å²) in [4.78, 5) is 33.8. The topological polar surface area (TPSA) is 67.7 Å². The fourth-order valence-electron chi connectivity index (χ4n) is 5.07. The van der Waals surface area contributed by atoms with Crippen molar-refractivity contribution in [1.29, 1.82) is 0 Å². The van der Waals surface area contributed by atoms with Gasteiger partial charge in [-0.2, -0.15) is 0 Å². The lowest BCUT2D eigenvalue weighted by Crippen LogP contribution is -2.67. The van der Waals surface area contributed by atoms with Crippen LogP contribution in [-0.2, 0) is 26.4 Å². The van der Waals surface area contributed by atoms with Crippen molar-refractivity contribution in [1.82, 2.24) is 19.4 Å². The summed E-state index contributed by atoms with van der Waals surface area (Å²) in [6.45, 7) is 1.88. The summed E-state index contributed by atoms with van der Waals surface area (Å²) in [6.07, 6.45) is 7.70. The molecule has 2 amide bonds. The van der Waals surface area contributed by atoms with E-state index in [-0.39, 0.29) is 29.9 Å². The smallest absolute Gasteiger partial charge is 0.249 e. The normalized spacial score (nSPS) is 28.2. The van der Waals surface area contributed by atoms with Crippen molar-refractivity contribution in [3.8, 4) is 0 Å². The third-order valence-electron chi connectivity index (χ3n) is 6.97. The molecule has 2 atom stereocenters. The van der Waals surface area contributed by atoms with Gasteiger partial charge in [-0.3, -0.25) is 9.59 Å². The number of likely N-dealkylation sites (tertiary alicyclic amines) is 1. The third kappa shape index (κ3) is 2.87. The van der Waals surface area contributed by atoms with Gasteiger partial charge in [-0.05, 0) is 24.8 Å². The lowest BCUT2D eigenvalue weighted by atomic mass is 9.76. The van der Waals surface area contributed by atoms with E-state index in [2.05, 4.69) is 17.1 Å². The van der Waals surface area contributed by atoms with Gasteiger partial charge in [-0.1, -0.05) is 30.3 Å². The first-order valence-corrected chi connectivity index (χ1v) is 10.2. The molecule has 0 radical (unpaired) electrons. The molecule has 7 nitrogen and oxygen atoms in total. The van der Waals surface area contributed by atoms with Gasteiger partial charge in [0, 0.05) is 39.1 Å². The Morgan fingerprint density at radius 1 is 1.24 bits per heavy atom. The minimum atomic E-state index is -0.519. The number of morpholine rings is 1. The predicted octanol–water partition coefficient (Wildman–Crippen LogP) is 1.65. The number of hydrogen-bond acceptors (Lipinski definition) is 4. The monoisotopic (exact) mass is 394 g/mol. The number of imidazole rings is 1. The van der Waals surface area contributed by atoms with Crippen LogP contribution in [-0.4, -0.2) is 64.0 Å². The van der Waals surface area contributed by atoms with Gasteiger partial charge in [0.15, 0.2) is 0 Å². The Kier molecular flexibility index (Phi) is 4.24. The minimum absolute atomic E-state index is 0.0105. The lowest BCUT2D eigenvalue weighted by molar-refractivity contribution is -0.185. The van der Waals surface area contributed by atoms with Crippen molar-refractivity contribution in [3.63, 3.8) is 0 Å². The number of fused-ring (bicyclic) bond motifs is 1. The summed E-state index contributed by atoms with van der Waals surface area (Å²) < 4.78 is 8.03. The Hall–Kier alpha value is -2.67. The van der Waals surface area contributed by atoms with Crippen LogP contribution >= 0.6 is 0 Å². The van der Waals surface area contributed by atoms with E-state index >= 15 is 0 Å². The van der Waals surface area contributed by atoms with Gasteiger partial charge in [0.05, 0.1) is 17.3 Å². The maximum Gasteiger partial charge on any atom is 0.249 e. The molecule has 1 saturated carbocycles. The average Bonchev–Trinajstić information content (AvgIpc) is 3.35. The van der Waals surface area contributed by atoms with Gasteiger partial charge in [-0.25, -0.2) is 4.98 Å². The maximum atomic E-state index is 13.4. The number of carbonyl (C=O) groups is 2. The summed E-state index contributed by atoms with van der Waals surface area (Å²) in [6, 6.07) is 10.1. The number of ether oxygens (including phenoxy) is 1. The Morgan fingerprint density at radius 3 is 2.72 bits per heavy atom. The molecule has 1 aromatic carbocycles. The third-order valence-corrected chi connectivity index (χ3v) is 6.97. The van der Waals surface area contributed by atoms with Gasteiger partial charge in [0.1, 0.15) is 12.7 Å². The molecule has 2 aromatic rings. The summed E-state index contributed by atoms with van der Waals surface area (Å²) in [7, 11) is 1.86. The molecule has 152 valence electrons. The summed E-state index contributed by atoms with van der Waals surface area (Å²) in [5.41, 5.74) is 0.241. The molecule has 3 fully saturated rings. The van der Waals surface area contributed by atoms with E-state index in [0.717, 1.165) is 18.4 Å². The zero-order valence-corrected chi connectivity index (χ0v) is 16.7. The van der Waals surface area contributed by atoms with Crippen LogP contribution in [0, 0.1) is 5.41 Å². The highest BCUT2D eigenvalue weighted by atomic mass is 16.5. The molecular weight excluding hydrogens is 368 g/mol. The second-order valence-corrected chi connectivity index (χ2v) is 8.56. The van der Waals surface area contributed by atoms with Crippen LogP contribution < -0.4 is 0 Å². The second kappa shape index (κ2) is 6.69. The average molecular weight is 394 g/mol. The van der Waals surface area contributed by atoms with Crippen LogP contribution in [0.5, 0.6) is 0 Å². The van der Waals surface area contributed by atoms with Crippen molar-refractivity contribution >= 4 is 11.8 Å². The van der Waals surface area contributed by atoms with Gasteiger partial charge in [-0.15, -0.1) is 0 Å². The molecule has 29 heavy (non-hydrogen) atoms. The lowest BCUT2D eigenvalue weighted by Gasteiger charge is -2.55. The molecule has 0 N–H and O–H groups in total. The molecule has 1 aromatic heterocycles. The summed E-state index contributed by atoms with van der Waals surface area (Å²) in [5, 5.41) is 0. The van der Waals surface area contributed by atoms with Crippen molar-refractivity contribution in [2.24, 2.45) is 5.41 Å². The number of likely N-dealkylation sites (N-methyl/N-ethyl adjacent to an activating group) is 1. The number of aromatic nitrogens is 2. The van der Waals surface area contributed by atoms with Gasteiger partial charge in [0.25, 0.3) is 0 Å². The van der Waals surface area contributed by atoms with Crippen LogP contribution in [0.3, 0.4) is 0 Å². The Morgan fingerprint density at radius 2 is 2.03 bits per heavy atom. The first-order chi connectivity index (χ1) is 14.1. The van der Waals surface area contributed by atoms with E-state index in [4.69, 9.17) is 4.74 Å². The number of nitrogens with zero attached hydrogens (tertiary/aromatic N) is 4. The standard InChI is InChI=1S/C22H26N4O3/c1-24-19(27)14-29-18-13-26(11-9-22(18,24)17-5-3-2-4-6-17)20(28)21(7-8-21)15-25-12-10-23-16-25/h2-6,10,12,16,18H,7-9,11,13-15H2,1H3/t18-,22+/m1/s1. The van der Waals surface area contributed by atoms with E-state index in [1.165, 1.54) is 0 Å². The molecule has 0 spiro atoms. The SMILES string of the molecule is CN1C(=O)CO[C@@H]2CN(C(=O)C3(Cn4ccnc4)CC3)CC[C@]21c1ccccc1. The van der Waals surface area contributed by atoms with Crippen LogP contribution in [0.1, 0.15) is 24.8 Å². The summed E-state index contributed by atoms with van der Waals surface area (Å²) in [5.74, 6) is 0.194. The molecule has 2 saturated heterocycles. The number of benzene rings is 1. The number of amides is 2. The van der Waals surface area contributed by atoms with Crippen LogP contribution in [0.2, 0.25) is 0 Å². The molecular formula is C22H26N4O3. The van der Waals surface area contributed by atoms with Crippen molar-refractivity contribution in [2.75, 3.05) is 26.7 Å². The Balaban J connectivity index is 1.40. The molecule has 5 rings (SSSR count). The molecule has 2 aliphatic heterocycles. The first-order valence-electron chi connectivity index (χ1n) is 10.2. The van der Waals surface area contributed by atoms with Crippen molar-refractivity contribution in [2.45, 2.75) is 37.5 Å². The van der Waals surface area contributed by atoms with E-state index in [0.29, 0.717) is 26.1 Å². The van der Waals surface area contributed by atoms with Crippen molar-refractivity contribution in [3.05, 3.63) is 54.6 Å². The molecule has 7 heteroatoms. The van der Waals surface area contributed by atoms with E-state index in [9.17, 15) is 9.59 Å². The molecule has 0 unspecified atom stereocenters. The molecule has 3 heterocycles. The fraction of sp³-hybridized carbons (Fsp3) is 0.500. The van der Waals surface area contributed by atoms with E-state index < -0.39 is 5.54 Å². The van der Waals surface area contributed by atoms with Crippen LogP contribution in [0.4, 0.5) is 0 Å². The maximum absolute atomic E-state index is 13.4. The number of hydrogen-bond donors (Lipinski definition) is 0. The Labute approximate surface area is 170 Å². The highest BCUT2D eigenvalue weighted by Crippen LogP contribution is 2.50. The zero-order valence-electron chi connectivity index (χ0n) is 16.7. The number of carbonyl (C=O) groups excluding carboxylic acids is 2. The minimum Gasteiger partial charge on any atom is -0.364 e. The Bertz CT molecular complexity index is 909. The zero-order chi connectivity index (χ0) is 20.1. The summed E-state index contributed by atoms with van der Waals surface area (Å²) >= 11 is 0. The molecule has 3 aliphatic rings. The van der Waals surface area contributed by atoms with Gasteiger partial charge < -0.3 is 19.1 Å². The van der Waals surface area contributed by atoms with E-state index in [1.807, 2.05) is 45.8 Å². The highest BCUT2D eigenvalue weighted by molar-refractivity contribution is 5.86. The van der Waals surface area contributed by atoms with Crippen LogP contribution in [0.25, 0.3) is 0 Å². The quantitative estimate of drug-likeness (QED) is 0.791. The molecule has 0 bridgehead atoms. The largest absolute Gasteiger partial charge is 0.364 e.